The average Bonchev–Trinajstić information content (AvgIpc) is 2.73. The van der Waals surface area contributed by atoms with Crippen LogP contribution in [0.15, 0.2) is 42.2 Å². The fourth-order valence-electron chi connectivity index (χ4n) is 3.02. The summed E-state index contributed by atoms with van der Waals surface area (Å²) in [5.41, 5.74) is 2.40. The van der Waals surface area contributed by atoms with E-state index in [1.165, 1.54) is 11.1 Å². The van der Waals surface area contributed by atoms with Gasteiger partial charge in [-0.05, 0) is 119 Å². The van der Waals surface area contributed by atoms with E-state index in [-0.39, 0.29) is 14.6 Å². The summed E-state index contributed by atoms with van der Waals surface area (Å²) >= 11 is 29.3. The predicted molar refractivity (Wildman–Crippen MR) is 169 cm³/mol. The van der Waals surface area contributed by atoms with Crippen molar-refractivity contribution in [2.24, 2.45) is 0 Å². The second kappa shape index (κ2) is 13.6. The lowest BCUT2D eigenvalue weighted by molar-refractivity contribution is 0.289. The largest absolute Gasteiger partial charge is 0.490 e. The summed E-state index contributed by atoms with van der Waals surface area (Å²) in [6.07, 6.45) is 0.949. The first-order valence-corrected chi connectivity index (χ1v) is 17.1. The quantitative estimate of drug-likeness (QED) is 0.209. The van der Waals surface area contributed by atoms with Crippen molar-refractivity contribution in [3.63, 3.8) is 0 Å². The molecule has 0 fully saturated rings. The van der Waals surface area contributed by atoms with E-state index in [2.05, 4.69) is 172 Å². The molecule has 0 saturated carbocycles. The van der Waals surface area contributed by atoms with E-state index in [1.54, 1.807) is 0 Å². The third-order valence-electron chi connectivity index (χ3n) is 4.85. The zero-order valence-corrected chi connectivity index (χ0v) is 31.0. The van der Waals surface area contributed by atoms with Crippen LogP contribution in [0.5, 0.6) is 11.5 Å². The molecule has 2 nitrogen and oxygen atoms in total. The topological polar surface area (TPSA) is 18.5 Å². The average molecular weight is 972 g/mol. The molecule has 2 rings (SSSR count). The van der Waals surface area contributed by atoms with Gasteiger partial charge >= 0.3 is 0 Å². The number of alkyl halides is 4. The molecule has 2 atom stereocenters. The highest BCUT2D eigenvalue weighted by Crippen LogP contribution is 2.43. The lowest BCUT2D eigenvalue weighted by Gasteiger charge is -2.24. The van der Waals surface area contributed by atoms with Crippen molar-refractivity contribution >= 4 is 127 Å². The molecule has 184 valence electrons. The van der Waals surface area contributed by atoms with Crippen molar-refractivity contribution in [3.05, 3.63) is 53.3 Å². The van der Waals surface area contributed by atoms with Gasteiger partial charge in [-0.25, -0.2) is 0 Å². The van der Waals surface area contributed by atoms with Crippen molar-refractivity contribution in [1.29, 1.82) is 0 Å². The fourth-order valence-corrected chi connectivity index (χ4v) is 6.48. The molecule has 2 aromatic rings. The van der Waals surface area contributed by atoms with Gasteiger partial charge in [0.25, 0.3) is 0 Å². The standard InChI is InChI=1S/C23H24Br8O2/c1-4-15(13-5-16(26)20(17(27)6-13)32-11-22(2,30)9-24)14-7-18(28)21(19(29)8-14)33-12-23(3,31)10-25/h5-8,15H,4,9-12H2,1-3H3. The summed E-state index contributed by atoms with van der Waals surface area (Å²) in [5.74, 6) is 1.81. The van der Waals surface area contributed by atoms with Crippen LogP contribution in [0, 0.1) is 0 Å². The van der Waals surface area contributed by atoms with Crippen molar-refractivity contribution < 1.29 is 9.47 Å². The number of halogens is 8. The van der Waals surface area contributed by atoms with E-state index in [9.17, 15) is 0 Å². The Morgan fingerprint density at radius 2 is 1.00 bits per heavy atom. The van der Waals surface area contributed by atoms with Gasteiger partial charge in [-0.1, -0.05) is 70.6 Å². The molecule has 0 aliphatic carbocycles. The van der Waals surface area contributed by atoms with E-state index in [0.29, 0.717) is 13.2 Å². The molecular weight excluding hydrogens is 947 g/mol. The lowest BCUT2D eigenvalue weighted by atomic mass is 9.89. The Morgan fingerprint density at radius 3 is 1.24 bits per heavy atom. The van der Waals surface area contributed by atoms with Gasteiger partial charge in [0.15, 0.2) is 0 Å². The molecule has 0 aromatic heterocycles. The number of ether oxygens (including phenoxy) is 2. The van der Waals surface area contributed by atoms with Crippen LogP contribution in [0.1, 0.15) is 44.2 Å². The number of hydrogen-bond acceptors (Lipinski definition) is 2. The van der Waals surface area contributed by atoms with Gasteiger partial charge in [0.2, 0.25) is 0 Å². The van der Waals surface area contributed by atoms with Gasteiger partial charge in [-0.3, -0.25) is 0 Å². The number of benzene rings is 2. The molecule has 0 aliphatic rings. The van der Waals surface area contributed by atoms with Gasteiger partial charge in [0.05, 0.1) is 26.5 Å². The fraction of sp³-hybridized carbons (Fsp3) is 0.478. The second-order valence-corrected chi connectivity index (χ2v) is 16.6. The zero-order valence-electron chi connectivity index (χ0n) is 18.3. The molecule has 0 aliphatic heterocycles. The van der Waals surface area contributed by atoms with Crippen LogP contribution in [0.2, 0.25) is 0 Å². The molecule has 0 bridgehead atoms. The minimum Gasteiger partial charge on any atom is -0.490 e. The Morgan fingerprint density at radius 1 is 0.697 bits per heavy atom. The summed E-state index contributed by atoms with van der Waals surface area (Å²) in [5, 5.41) is 1.58. The number of hydrogen-bond donors (Lipinski definition) is 0. The molecule has 0 amide bonds. The van der Waals surface area contributed by atoms with E-state index < -0.39 is 0 Å². The molecule has 0 N–H and O–H groups in total. The highest BCUT2D eigenvalue weighted by atomic mass is 79.9. The first-order valence-electron chi connectivity index (χ1n) is 10.1. The Kier molecular flexibility index (Phi) is 12.8. The SMILES string of the molecule is CCC(c1cc(Br)c(OCC(C)(Br)CBr)c(Br)c1)c1cc(Br)c(OCC(C)(Br)CBr)c(Br)c1. The highest BCUT2D eigenvalue weighted by molar-refractivity contribution is 9.13. The highest BCUT2D eigenvalue weighted by Gasteiger charge is 2.24. The molecule has 2 unspecified atom stereocenters. The molecule has 2 aromatic carbocycles. The lowest BCUT2D eigenvalue weighted by Crippen LogP contribution is -2.27. The summed E-state index contributed by atoms with van der Waals surface area (Å²) in [4.78, 5) is 0. The van der Waals surface area contributed by atoms with Gasteiger partial charge in [-0.15, -0.1) is 0 Å². The van der Waals surface area contributed by atoms with Crippen LogP contribution in [0.25, 0.3) is 0 Å². The Hall–Kier alpha value is 1.88. The maximum absolute atomic E-state index is 6.11. The molecule has 33 heavy (non-hydrogen) atoms. The maximum atomic E-state index is 6.11. The van der Waals surface area contributed by atoms with Gasteiger partial charge in [-0.2, -0.15) is 0 Å². The van der Waals surface area contributed by atoms with Crippen LogP contribution in [0.4, 0.5) is 0 Å². The Bertz CT molecular complexity index is 840. The predicted octanol–water partition coefficient (Wildman–Crippen LogP) is 11.1. The summed E-state index contributed by atoms with van der Waals surface area (Å²) in [7, 11) is 0. The number of rotatable bonds is 11. The first kappa shape index (κ1) is 31.1. The van der Waals surface area contributed by atoms with Gasteiger partial charge in [0.1, 0.15) is 24.7 Å². The second-order valence-electron chi connectivity index (χ2n) is 8.26. The maximum Gasteiger partial charge on any atom is 0.147 e. The molecule has 0 radical (unpaired) electrons. The Balaban J connectivity index is 2.33. The molecule has 10 heteroatoms. The van der Waals surface area contributed by atoms with Crippen molar-refractivity contribution in [2.45, 2.75) is 41.8 Å². The van der Waals surface area contributed by atoms with E-state index in [0.717, 1.165) is 46.5 Å². The molecule has 0 saturated heterocycles. The summed E-state index contributed by atoms with van der Waals surface area (Å²) < 4.78 is 15.6. The third-order valence-corrected chi connectivity index (χ3v) is 12.2. The molecule has 0 heterocycles. The molecule has 0 spiro atoms. The Labute approximate surface area is 264 Å². The summed E-state index contributed by atoms with van der Waals surface area (Å²) in [6.45, 7) is 7.45. The molecular formula is C23H24Br8O2. The smallest absolute Gasteiger partial charge is 0.147 e. The third kappa shape index (κ3) is 8.99. The van der Waals surface area contributed by atoms with Crippen LogP contribution in [-0.4, -0.2) is 32.5 Å². The van der Waals surface area contributed by atoms with Gasteiger partial charge in [0, 0.05) is 16.6 Å². The minimum absolute atomic E-state index is 0.139. The van der Waals surface area contributed by atoms with E-state index in [1.807, 2.05) is 0 Å². The summed E-state index contributed by atoms with van der Waals surface area (Å²) in [6, 6.07) is 8.58. The van der Waals surface area contributed by atoms with Gasteiger partial charge < -0.3 is 9.47 Å². The van der Waals surface area contributed by atoms with Crippen LogP contribution >= 0.6 is 127 Å². The van der Waals surface area contributed by atoms with Crippen molar-refractivity contribution in [2.75, 3.05) is 23.9 Å². The first-order chi connectivity index (χ1) is 15.3. The van der Waals surface area contributed by atoms with Crippen LogP contribution in [-0.2, 0) is 0 Å². The van der Waals surface area contributed by atoms with Crippen LogP contribution < -0.4 is 9.47 Å². The van der Waals surface area contributed by atoms with E-state index >= 15 is 0 Å². The monoisotopic (exact) mass is 964 g/mol. The van der Waals surface area contributed by atoms with E-state index in [4.69, 9.17) is 9.47 Å². The normalized spacial score (nSPS) is 16.1. The minimum atomic E-state index is -0.139. The van der Waals surface area contributed by atoms with Crippen molar-refractivity contribution in [3.8, 4) is 11.5 Å². The zero-order chi connectivity index (χ0) is 25.0. The van der Waals surface area contributed by atoms with Crippen molar-refractivity contribution in [1.82, 2.24) is 0 Å². The van der Waals surface area contributed by atoms with Crippen LogP contribution in [0.3, 0.4) is 0 Å².